The van der Waals surface area contributed by atoms with Gasteiger partial charge in [-0.05, 0) is 25.8 Å². The molecule has 0 aromatic carbocycles. The number of rotatable bonds is 5. The summed E-state index contributed by atoms with van der Waals surface area (Å²) in [6, 6.07) is 2.88. The van der Waals surface area contributed by atoms with Crippen LogP contribution in [0.4, 0.5) is 8.78 Å². The lowest BCUT2D eigenvalue weighted by molar-refractivity contribution is 0.0778. The minimum absolute atomic E-state index is 0.0985. The molecule has 3 heterocycles. The van der Waals surface area contributed by atoms with Crippen molar-refractivity contribution in [3.05, 3.63) is 46.7 Å². The van der Waals surface area contributed by atoms with E-state index in [0.717, 1.165) is 28.6 Å². The van der Waals surface area contributed by atoms with Gasteiger partial charge in [-0.2, -0.15) is 10.2 Å². The van der Waals surface area contributed by atoms with E-state index in [-0.39, 0.29) is 28.9 Å². The first-order valence-electron chi connectivity index (χ1n) is 8.77. The highest BCUT2D eigenvalue weighted by Crippen LogP contribution is 2.40. The maximum Gasteiger partial charge on any atom is 0.280 e. The number of alkyl halides is 2. The Balaban J connectivity index is 1.65. The molecule has 0 bridgehead atoms. The highest BCUT2D eigenvalue weighted by Gasteiger charge is 2.28. The second kappa shape index (κ2) is 6.40. The van der Waals surface area contributed by atoms with Gasteiger partial charge in [-0.15, -0.1) is 0 Å². The average Bonchev–Trinajstić information content (AvgIpc) is 3.33. The van der Waals surface area contributed by atoms with Gasteiger partial charge in [-0.3, -0.25) is 9.48 Å². The van der Waals surface area contributed by atoms with Crippen molar-refractivity contribution in [3.8, 4) is 0 Å². The molecular formula is C18H20F2N6O. The number of hydrogen-bond acceptors (Lipinski definition) is 4. The molecule has 0 N–H and O–H groups in total. The van der Waals surface area contributed by atoms with E-state index < -0.39 is 6.43 Å². The zero-order valence-electron chi connectivity index (χ0n) is 15.4. The Kier molecular flexibility index (Phi) is 4.16. The lowest BCUT2D eigenvalue weighted by Crippen LogP contribution is -2.26. The van der Waals surface area contributed by atoms with Gasteiger partial charge in [0.05, 0.1) is 6.20 Å². The van der Waals surface area contributed by atoms with E-state index in [1.807, 2.05) is 14.0 Å². The summed E-state index contributed by atoms with van der Waals surface area (Å²) in [6.45, 7) is 2.28. The lowest BCUT2D eigenvalue weighted by Gasteiger charge is -2.15. The normalized spacial score (nSPS) is 14.3. The summed E-state index contributed by atoms with van der Waals surface area (Å²) in [7, 11) is 3.48. The molecule has 0 saturated heterocycles. The molecule has 3 aromatic rings. The van der Waals surface area contributed by atoms with Crippen molar-refractivity contribution in [2.24, 2.45) is 7.05 Å². The maximum atomic E-state index is 13.5. The van der Waals surface area contributed by atoms with Crippen molar-refractivity contribution in [1.82, 2.24) is 29.3 Å². The zero-order chi connectivity index (χ0) is 19.3. The highest BCUT2D eigenvalue weighted by molar-refractivity contribution is 5.93. The molecule has 1 fully saturated rings. The first kappa shape index (κ1) is 17.6. The average molecular weight is 374 g/mol. The Morgan fingerprint density at radius 3 is 2.70 bits per heavy atom. The molecule has 1 aliphatic carbocycles. The molecule has 1 aliphatic rings. The molecule has 0 unspecified atom stereocenters. The smallest absolute Gasteiger partial charge is 0.280 e. The molecule has 4 rings (SSSR count). The van der Waals surface area contributed by atoms with Crippen molar-refractivity contribution in [1.29, 1.82) is 0 Å². The molecule has 1 amide bonds. The third-order valence-electron chi connectivity index (χ3n) is 5.00. The molecule has 0 radical (unpaired) electrons. The second-order valence-corrected chi connectivity index (χ2v) is 7.02. The Morgan fingerprint density at radius 1 is 1.37 bits per heavy atom. The van der Waals surface area contributed by atoms with E-state index in [0.29, 0.717) is 12.2 Å². The maximum absolute atomic E-state index is 13.5. The van der Waals surface area contributed by atoms with Gasteiger partial charge < -0.3 is 4.90 Å². The predicted octanol–water partition coefficient (Wildman–Crippen LogP) is 2.86. The van der Waals surface area contributed by atoms with Crippen LogP contribution >= 0.6 is 0 Å². The molecule has 0 spiro atoms. The number of aryl methyl sites for hydroxylation is 1. The first-order chi connectivity index (χ1) is 12.8. The zero-order valence-corrected chi connectivity index (χ0v) is 15.4. The van der Waals surface area contributed by atoms with E-state index in [9.17, 15) is 13.6 Å². The summed E-state index contributed by atoms with van der Waals surface area (Å²) in [4.78, 5) is 18.7. The fourth-order valence-electron chi connectivity index (χ4n) is 3.09. The van der Waals surface area contributed by atoms with Gasteiger partial charge in [0.15, 0.2) is 11.3 Å². The van der Waals surface area contributed by atoms with Crippen molar-refractivity contribution in [2.75, 3.05) is 7.05 Å². The van der Waals surface area contributed by atoms with Gasteiger partial charge >= 0.3 is 0 Å². The Labute approximate surface area is 154 Å². The standard InChI is InChI=1S/C18H20F2N6O/c1-10-12(8-21-25(10)3)9-24(2)18(27)14-7-16-22-13(11-4-5-11)6-15(17(19)20)26(16)23-14/h6-8,11,17H,4-5,9H2,1-3H3. The molecule has 0 aliphatic heterocycles. The highest BCUT2D eigenvalue weighted by atomic mass is 19.3. The van der Waals surface area contributed by atoms with Crippen LogP contribution in [0.15, 0.2) is 18.3 Å². The van der Waals surface area contributed by atoms with Crippen LogP contribution in [0.25, 0.3) is 5.65 Å². The second-order valence-electron chi connectivity index (χ2n) is 7.02. The largest absolute Gasteiger partial charge is 0.336 e. The van der Waals surface area contributed by atoms with Gasteiger partial charge in [-0.25, -0.2) is 18.3 Å². The number of aromatic nitrogens is 5. The van der Waals surface area contributed by atoms with Gasteiger partial charge in [0.1, 0.15) is 5.69 Å². The third kappa shape index (κ3) is 3.17. The van der Waals surface area contributed by atoms with Crippen LogP contribution in [0.1, 0.15) is 58.3 Å². The number of hydrogen-bond donors (Lipinski definition) is 0. The summed E-state index contributed by atoms with van der Waals surface area (Å²) in [6.07, 6.45) is 0.936. The minimum Gasteiger partial charge on any atom is -0.336 e. The first-order valence-corrected chi connectivity index (χ1v) is 8.77. The van der Waals surface area contributed by atoms with Crippen LogP contribution in [0.2, 0.25) is 0 Å². The fraction of sp³-hybridized carbons (Fsp3) is 0.444. The van der Waals surface area contributed by atoms with Crippen molar-refractivity contribution >= 4 is 11.6 Å². The topological polar surface area (TPSA) is 68.3 Å². The Bertz CT molecular complexity index is 1020. The molecule has 0 atom stereocenters. The van der Waals surface area contributed by atoms with Crippen molar-refractivity contribution < 1.29 is 13.6 Å². The number of carbonyl (C=O) groups excluding carboxylic acids is 1. The molecular weight excluding hydrogens is 354 g/mol. The number of carbonyl (C=O) groups is 1. The molecule has 7 nitrogen and oxygen atoms in total. The third-order valence-corrected chi connectivity index (χ3v) is 5.00. The molecule has 3 aromatic heterocycles. The number of amides is 1. The van der Waals surface area contributed by atoms with E-state index in [4.69, 9.17) is 0 Å². The number of fused-ring (bicyclic) bond motifs is 1. The summed E-state index contributed by atoms with van der Waals surface area (Å²) >= 11 is 0. The van der Waals surface area contributed by atoms with Crippen molar-refractivity contribution in [3.63, 3.8) is 0 Å². The van der Waals surface area contributed by atoms with Gasteiger partial charge in [0.25, 0.3) is 12.3 Å². The fourth-order valence-corrected chi connectivity index (χ4v) is 3.09. The Hall–Kier alpha value is -2.84. The quantitative estimate of drug-likeness (QED) is 0.689. The van der Waals surface area contributed by atoms with E-state index >= 15 is 0 Å². The number of halogens is 2. The summed E-state index contributed by atoms with van der Waals surface area (Å²) in [5.41, 5.74) is 2.67. The molecule has 142 valence electrons. The van der Waals surface area contributed by atoms with Crippen LogP contribution in [0, 0.1) is 6.92 Å². The number of nitrogens with zero attached hydrogens (tertiary/aromatic N) is 6. The summed E-state index contributed by atoms with van der Waals surface area (Å²) in [5, 5.41) is 8.27. The molecule has 27 heavy (non-hydrogen) atoms. The van der Waals surface area contributed by atoms with E-state index in [1.165, 1.54) is 17.0 Å². The SMILES string of the molecule is Cc1c(CN(C)C(=O)c2cc3nc(C4CC4)cc(C(F)F)n3n2)cnn1C. The van der Waals surface area contributed by atoms with Gasteiger partial charge in [0.2, 0.25) is 0 Å². The van der Waals surface area contributed by atoms with Crippen LogP contribution < -0.4 is 0 Å². The van der Waals surface area contributed by atoms with Gasteiger partial charge in [-0.1, -0.05) is 0 Å². The minimum atomic E-state index is -2.69. The summed E-state index contributed by atoms with van der Waals surface area (Å²) in [5.74, 6) is -0.116. The lowest BCUT2D eigenvalue weighted by atomic mass is 10.2. The van der Waals surface area contributed by atoms with Crippen molar-refractivity contribution in [2.45, 2.75) is 38.7 Å². The van der Waals surface area contributed by atoms with Crippen LogP contribution in [-0.2, 0) is 13.6 Å². The Morgan fingerprint density at radius 2 is 2.11 bits per heavy atom. The summed E-state index contributed by atoms with van der Waals surface area (Å²) < 4.78 is 29.8. The molecule has 1 saturated carbocycles. The predicted molar refractivity (Wildman–Crippen MR) is 93.7 cm³/mol. The van der Waals surface area contributed by atoms with Crippen LogP contribution in [-0.4, -0.2) is 42.2 Å². The van der Waals surface area contributed by atoms with E-state index in [2.05, 4.69) is 15.2 Å². The van der Waals surface area contributed by atoms with Crippen LogP contribution in [0.3, 0.4) is 0 Å². The van der Waals surface area contributed by atoms with Crippen LogP contribution in [0.5, 0.6) is 0 Å². The monoisotopic (exact) mass is 374 g/mol. The molecule has 9 heteroatoms. The van der Waals surface area contributed by atoms with Gasteiger partial charge in [0, 0.05) is 49.6 Å². The van der Waals surface area contributed by atoms with E-state index in [1.54, 1.807) is 17.9 Å².